The molecule has 3 aromatic carbocycles. The number of anilines is 1. The molecule has 0 spiro atoms. The van der Waals surface area contributed by atoms with Crippen molar-refractivity contribution in [2.45, 2.75) is 24.0 Å². The minimum absolute atomic E-state index is 0.0567. The van der Waals surface area contributed by atoms with Crippen LogP contribution in [0.1, 0.15) is 38.7 Å². The van der Waals surface area contributed by atoms with E-state index in [4.69, 9.17) is 0 Å². The summed E-state index contributed by atoms with van der Waals surface area (Å²) in [6, 6.07) is 12.0. The fourth-order valence-electron chi connectivity index (χ4n) is 3.67. The van der Waals surface area contributed by atoms with Gasteiger partial charge in [0.15, 0.2) is 0 Å². The lowest BCUT2D eigenvalue weighted by molar-refractivity contribution is -0.137. The second-order valence-electron chi connectivity index (χ2n) is 7.31. The van der Waals surface area contributed by atoms with Crippen LogP contribution < -0.4 is 10.0 Å². The van der Waals surface area contributed by atoms with Gasteiger partial charge in [-0.2, -0.15) is 17.9 Å². The smallest absolute Gasteiger partial charge is 0.322 e. The minimum Gasteiger partial charge on any atom is -0.322 e. The summed E-state index contributed by atoms with van der Waals surface area (Å²) in [5.41, 5.74) is -0.0512. The maximum atomic E-state index is 13.7. The number of amides is 1. The Labute approximate surface area is 181 Å². The van der Waals surface area contributed by atoms with Crippen LogP contribution in [0.25, 0.3) is 0 Å². The highest BCUT2D eigenvalue weighted by Crippen LogP contribution is 2.41. The maximum Gasteiger partial charge on any atom is 0.416 e. The fraction of sp³-hybridized carbons (Fsp3) is 0.136. The summed E-state index contributed by atoms with van der Waals surface area (Å²) in [7, 11) is -3.89. The van der Waals surface area contributed by atoms with Crippen LogP contribution >= 0.6 is 0 Å². The van der Waals surface area contributed by atoms with E-state index >= 15 is 0 Å². The van der Waals surface area contributed by atoms with E-state index in [1.54, 1.807) is 31.2 Å². The van der Waals surface area contributed by atoms with Crippen LogP contribution in [0.2, 0.25) is 0 Å². The molecule has 1 unspecified atom stereocenters. The van der Waals surface area contributed by atoms with Crippen molar-refractivity contribution in [3.63, 3.8) is 0 Å². The van der Waals surface area contributed by atoms with Gasteiger partial charge in [-0.1, -0.05) is 30.3 Å². The van der Waals surface area contributed by atoms with Crippen LogP contribution in [0.5, 0.6) is 0 Å². The number of rotatable bonds is 3. The van der Waals surface area contributed by atoms with Crippen molar-refractivity contribution in [3.05, 3.63) is 94.3 Å². The largest absolute Gasteiger partial charge is 0.416 e. The van der Waals surface area contributed by atoms with Gasteiger partial charge in [0, 0.05) is 16.8 Å². The number of aryl methyl sites for hydroxylation is 1. The molecule has 1 amide bonds. The molecule has 10 heteroatoms. The molecule has 0 aromatic heterocycles. The van der Waals surface area contributed by atoms with E-state index < -0.39 is 45.1 Å². The molecule has 0 saturated heterocycles. The van der Waals surface area contributed by atoms with Crippen molar-refractivity contribution >= 4 is 21.6 Å². The molecule has 5 nitrogen and oxygen atoms in total. The van der Waals surface area contributed by atoms with Gasteiger partial charge in [-0.25, -0.2) is 12.8 Å². The van der Waals surface area contributed by atoms with E-state index in [1.165, 1.54) is 18.2 Å². The fourth-order valence-corrected chi connectivity index (χ4v) is 5.13. The van der Waals surface area contributed by atoms with Crippen LogP contribution in [0.3, 0.4) is 0 Å². The van der Waals surface area contributed by atoms with Crippen LogP contribution in [0.4, 0.5) is 23.2 Å². The third-order valence-corrected chi connectivity index (χ3v) is 6.63. The van der Waals surface area contributed by atoms with E-state index in [0.29, 0.717) is 23.8 Å². The molecule has 1 aliphatic rings. The lowest BCUT2D eigenvalue weighted by Gasteiger charge is -2.18. The number of nitrogens with one attached hydrogen (secondary N) is 2. The first kappa shape index (κ1) is 22.0. The third kappa shape index (κ3) is 3.98. The number of carbonyl (C=O) groups is 1. The highest BCUT2D eigenvalue weighted by atomic mass is 32.2. The standard InChI is InChI=1S/C22H16F4N2O3S/c1-12-5-2-3-6-16(12)20-19-17(7-4-8-18(19)32(30,31)28-20)27-21(29)13-9-14(22(24,25)26)11-15(23)10-13/h2-11,20,28H,1H3,(H,27,29). The Bertz CT molecular complexity index is 1340. The predicted octanol–water partition coefficient (Wildman–Crippen LogP) is 4.79. The maximum absolute atomic E-state index is 13.7. The van der Waals surface area contributed by atoms with Crippen molar-refractivity contribution in [3.8, 4) is 0 Å². The van der Waals surface area contributed by atoms with Crippen LogP contribution in [0.15, 0.2) is 65.6 Å². The molecule has 0 bridgehead atoms. The van der Waals surface area contributed by atoms with Crippen LogP contribution in [0, 0.1) is 12.7 Å². The predicted molar refractivity (Wildman–Crippen MR) is 109 cm³/mol. The Kier molecular flexibility index (Phi) is 5.30. The lowest BCUT2D eigenvalue weighted by Crippen LogP contribution is -2.22. The highest BCUT2D eigenvalue weighted by Gasteiger charge is 2.38. The average Bonchev–Trinajstić information content (AvgIpc) is 2.99. The SMILES string of the molecule is Cc1ccccc1C1NS(=O)(=O)c2cccc(NC(=O)c3cc(F)cc(C(F)(F)F)c3)c21. The second-order valence-corrected chi connectivity index (χ2v) is 8.99. The Morgan fingerprint density at radius 1 is 1.03 bits per heavy atom. The average molecular weight is 464 g/mol. The third-order valence-electron chi connectivity index (χ3n) is 5.15. The number of fused-ring (bicyclic) bond motifs is 1. The zero-order valence-corrected chi connectivity index (χ0v) is 17.3. The van der Waals surface area contributed by atoms with Crippen molar-refractivity contribution < 1.29 is 30.8 Å². The number of alkyl halides is 3. The van der Waals surface area contributed by atoms with Crippen LogP contribution in [-0.4, -0.2) is 14.3 Å². The van der Waals surface area contributed by atoms with Crippen molar-refractivity contribution in [1.82, 2.24) is 4.72 Å². The summed E-state index contributed by atoms with van der Waals surface area (Å²) in [5.74, 6) is -2.22. The van der Waals surface area contributed by atoms with Gasteiger partial charge in [-0.15, -0.1) is 0 Å². The topological polar surface area (TPSA) is 75.3 Å². The molecule has 0 saturated carbocycles. The van der Waals surface area contributed by atoms with Crippen molar-refractivity contribution in [2.24, 2.45) is 0 Å². The molecule has 2 N–H and O–H groups in total. The van der Waals surface area contributed by atoms with E-state index in [9.17, 15) is 30.8 Å². The van der Waals surface area contributed by atoms with Crippen LogP contribution in [-0.2, 0) is 16.2 Å². The van der Waals surface area contributed by atoms with E-state index in [0.717, 1.165) is 5.56 Å². The van der Waals surface area contributed by atoms with Gasteiger partial charge >= 0.3 is 6.18 Å². The molecule has 1 atom stereocenters. The molecule has 1 heterocycles. The normalized spacial score (nSPS) is 17.1. The molecule has 4 rings (SSSR count). The van der Waals surface area contributed by atoms with Gasteiger partial charge in [0.2, 0.25) is 10.0 Å². The molecule has 3 aromatic rings. The van der Waals surface area contributed by atoms with Gasteiger partial charge in [-0.05, 0) is 48.4 Å². The summed E-state index contributed by atoms with van der Waals surface area (Å²) in [6.07, 6.45) is -4.83. The first-order chi connectivity index (χ1) is 15.0. The molecule has 32 heavy (non-hydrogen) atoms. The van der Waals surface area contributed by atoms with E-state index in [1.807, 2.05) is 0 Å². The van der Waals surface area contributed by atoms with Gasteiger partial charge in [0.25, 0.3) is 5.91 Å². The van der Waals surface area contributed by atoms with Gasteiger partial charge in [0.1, 0.15) is 5.82 Å². The quantitative estimate of drug-likeness (QED) is 0.548. The molecule has 0 radical (unpaired) electrons. The molecule has 0 aliphatic carbocycles. The summed E-state index contributed by atoms with van der Waals surface area (Å²) in [6.45, 7) is 1.80. The second kappa shape index (κ2) is 7.72. The number of benzene rings is 3. The molecule has 1 aliphatic heterocycles. The molecular formula is C22H16F4N2O3S. The summed E-state index contributed by atoms with van der Waals surface area (Å²) >= 11 is 0. The summed E-state index contributed by atoms with van der Waals surface area (Å²) in [5, 5.41) is 2.44. The number of sulfonamides is 1. The lowest BCUT2D eigenvalue weighted by atomic mass is 9.94. The summed E-state index contributed by atoms with van der Waals surface area (Å²) < 4.78 is 80.6. The number of carbonyl (C=O) groups excluding carboxylic acids is 1. The Hall–Kier alpha value is -3.24. The first-order valence-electron chi connectivity index (χ1n) is 9.37. The Balaban J connectivity index is 1.78. The first-order valence-corrected chi connectivity index (χ1v) is 10.9. The minimum atomic E-state index is -4.83. The summed E-state index contributed by atoms with van der Waals surface area (Å²) in [4.78, 5) is 12.6. The zero-order chi connectivity index (χ0) is 23.3. The van der Waals surface area contributed by atoms with Gasteiger partial charge in [-0.3, -0.25) is 4.79 Å². The Morgan fingerprint density at radius 2 is 1.75 bits per heavy atom. The molecule has 166 valence electrons. The highest BCUT2D eigenvalue weighted by molar-refractivity contribution is 7.89. The zero-order valence-electron chi connectivity index (χ0n) is 16.5. The van der Waals surface area contributed by atoms with E-state index in [2.05, 4.69) is 10.0 Å². The van der Waals surface area contributed by atoms with Crippen molar-refractivity contribution in [1.29, 1.82) is 0 Å². The van der Waals surface area contributed by atoms with Crippen molar-refractivity contribution in [2.75, 3.05) is 5.32 Å². The molecule has 0 fully saturated rings. The van der Waals surface area contributed by atoms with Gasteiger partial charge < -0.3 is 5.32 Å². The number of hydrogen-bond donors (Lipinski definition) is 2. The number of hydrogen-bond acceptors (Lipinski definition) is 3. The number of halogens is 4. The monoisotopic (exact) mass is 464 g/mol. The van der Waals surface area contributed by atoms with E-state index in [-0.39, 0.29) is 16.1 Å². The Morgan fingerprint density at radius 3 is 2.44 bits per heavy atom. The van der Waals surface area contributed by atoms with Gasteiger partial charge in [0.05, 0.1) is 16.5 Å². The molecular weight excluding hydrogens is 448 g/mol.